The first kappa shape index (κ1) is 26.7. The van der Waals surface area contributed by atoms with Crippen molar-refractivity contribution in [2.45, 2.75) is 45.9 Å². The molecule has 0 aliphatic carbocycles. The number of nitrogens with two attached hydrogens (primary N) is 1. The average molecular weight is 514 g/mol. The van der Waals surface area contributed by atoms with E-state index < -0.39 is 17.6 Å². The standard InChI is InChI=1S/C24H28ClN7O4/c1-14(12-35-13-15-6-7-16(10-26)18(27)8-15)29-22(33)17-11-28-32-20(9-19(25)30-21(17)32)31(5)23(34)36-24(2,3)4/h6-9,11,14H,12-13,27H2,1-5H3,(H,29,33)/t14-/m1/s1. The predicted molar refractivity (Wildman–Crippen MR) is 135 cm³/mol. The number of fused-ring (bicyclic) bond motifs is 1. The Labute approximate surface area is 213 Å². The van der Waals surface area contributed by atoms with E-state index in [1.165, 1.54) is 28.7 Å². The van der Waals surface area contributed by atoms with Crippen LogP contribution in [0.25, 0.3) is 5.65 Å². The van der Waals surface area contributed by atoms with Crippen LogP contribution in [0.1, 0.15) is 49.2 Å². The number of ether oxygens (including phenoxy) is 2. The Morgan fingerprint density at radius 2 is 2.06 bits per heavy atom. The molecular formula is C24H28ClN7O4. The number of hydrogen-bond donors (Lipinski definition) is 2. The number of nitrogens with zero attached hydrogens (tertiary/aromatic N) is 5. The van der Waals surface area contributed by atoms with Crippen molar-refractivity contribution in [3.05, 3.63) is 52.3 Å². The van der Waals surface area contributed by atoms with Crippen molar-refractivity contribution in [2.24, 2.45) is 0 Å². The molecule has 36 heavy (non-hydrogen) atoms. The summed E-state index contributed by atoms with van der Waals surface area (Å²) in [6.45, 7) is 7.56. The maximum Gasteiger partial charge on any atom is 0.415 e. The first-order valence-corrected chi connectivity index (χ1v) is 11.5. The molecule has 0 radical (unpaired) electrons. The Morgan fingerprint density at radius 1 is 1.33 bits per heavy atom. The van der Waals surface area contributed by atoms with Gasteiger partial charge in [0.2, 0.25) is 0 Å². The molecule has 0 fully saturated rings. The van der Waals surface area contributed by atoms with E-state index in [0.717, 1.165) is 5.56 Å². The first-order valence-electron chi connectivity index (χ1n) is 11.1. The van der Waals surface area contributed by atoms with Crippen molar-refractivity contribution < 1.29 is 19.1 Å². The molecular weight excluding hydrogens is 486 g/mol. The second-order valence-corrected chi connectivity index (χ2v) is 9.58. The Morgan fingerprint density at radius 3 is 2.69 bits per heavy atom. The zero-order valence-corrected chi connectivity index (χ0v) is 21.5. The maximum atomic E-state index is 12.9. The number of carbonyl (C=O) groups excluding carboxylic acids is 2. The number of halogens is 1. The lowest BCUT2D eigenvalue weighted by Crippen LogP contribution is -2.36. The van der Waals surface area contributed by atoms with Gasteiger partial charge in [-0.3, -0.25) is 9.69 Å². The van der Waals surface area contributed by atoms with Crippen LogP contribution >= 0.6 is 11.6 Å². The van der Waals surface area contributed by atoms with Crippen LogP contribution in [0.5, 0.6) is 0 Å². The third-order valence-corrected chi connectivity index (χ3v) is 5.12. The summed E-state index contributed by atoms with van der Waals surface area (Å²) in [5, 5.41) is 16.1. The zero-order chi connectivity index (χ0) is 26.6. The Hall–Kier alpha value is -3.88. The molecule has 2 amide bonds. The van der Waals surface area contributed by atoms with Gasteiger partial charge < -0.3 is 20.5 Å². The highest BCUT2D eigenvalue weighted by Gasteiger charge is 2.25. The number of nitriles is 1. The summed E-state index contributed by atoms with van der Waals surface area (Å²) in [6, 6.07) is 8.21. The lowest BCUT2D eigenvalue weighted by molar-refractivity contribution is 0.0587. The van der Waals surface area contributed by atoms with Crippen molar-refractivity contribution in [1.82, 2.24) is 19.9 Å². The minimum atomic E-state index is -0.693. The molecule has 3 rings (SSSR count). The van der Waals surface area contributed by atoms with Crippen molar-refractivity contribution in [3.8, 4) is 6.07 Å². The van der Waals surface area contributed by atoms with Crippen LogP contribution in [0.3, 0.4) is 0 Å². The average Bonchev–Trinajstić information content (AvgIpc) is 3.20. The number of rotatable bonds is 7. The summed E-state index contributed by atoms with van der Waals surface area (Å²) in [6.07, 6.45) is 0.746. The molecule has 0 aliphatic rings. The lowest BCUT2D eigenvalue weighted by atomic mass is 10.1. The summed E-state index contributed by atoms with van der Waals surface area (Å²) in [5.74, 6) is -0.138. The van der Waals surface area contributed by atoms with E-state index in [9.17, 15) is 9.59 Å². The largest absolute Gasteiger partial charge is 0.443 e. The molecule has 0 saturated heterocycles. The highest BCUT2D eigenvalue weighted by Crippen LogP contribution is 2.23. The summed E-state index contributed by atoms with van der Waals surface area (Å²) in [7, 11) is 1.52. The fourth-order valence-corrected chi connectivity index (χ4v) is 3.42. The van der Waals surface area contributed by atoms with Gasteiger partial charge in [-0.15, -0.1) is 0 Å². The molecule has 190 valence electrons. The molecule has 1 atom stereocenters. The van der Waals surface area contributed by atoms with Gasteiger partial charge in [0.1, 0.15) is 28.2 Å². The van der Waals surface area contributed by atoms with Crippen LogP contribution in [0, 0.1) is 11.3 Å². The van der Waals surface area contributed by atoms with E-state index in [1.807, 2.05) is 6.07 Å². The van der Waals surface area contributed by atoms with Crippen LogP contribution in [-0.4, -0.2) is 51.9 Å². The van der Waals surface area contributed by atoms with Crippen molar-refractivity contribution in [2.75, 3.05) is 24.3 Å². The predicted octanol–water partition coefficient (Wildman–Crippen LogP) is 3.54. The highest BCUT2D eigenvalue weighted by atomic mass is 35.5. The molecule has 2 heterocycles. The molecule has 2 aromatic heterocycles. The van der Waals surface area contributed by atoms with Crippen LogP contribution in [0.15, 0.2) is 30.5 Å². The Balaban J connectivity index is 1.68. The minimum Gasteiger partial charge on any atom is -0.443 e. The van der Waals surface area contributed by atoms with Gasteiger partial charge in [-0.1, -0.05) is 17.7 Å². The van der Waals surface area contributed by atoms with Gasteiger partial charge >= 0.3 is 6.09 Å². The maximum absolute atomic E-state index is 12.9. The Bertz CT molecular complexity index is 1330. The number of hydrogen-bond acceptors (Lipinski definition) is 8. The normalized spacial score (nSPS) is 12.1. The third-order valence-electron chi connectivity index (χ3n) is 4.93. The van der Waals surface area contributed by atoms with E-state index in [2.05, 4.69) is 15.4 Å². The number of aromatic nitrogens is 3. The first-order chi connectivity index (χ1) is 16.9. The van der Waals surface area contributed by atoms with Crippen molar-refractivity contribution >= 4 is 40.8 Å². The third kappa shape index (κ3) is 6.41. The topological polar surface area (TPSA) is 148 Å². The van der Waals surface area contributed by atoms with E-state index in [0.29, 0.717) is 11.3 Å². The van der Waals surface area contributed by atoms with Gasteiger partial charge in [-0.2, -0.15) is 14.9 Å². The monoisotopic (exact) mass is 513 g/mol. The smallest absolute Gasteiger partial charge is 0.415 e. The summed E-state index contributed by atoms with van der Waals surface area (Å²) < 4.78 is 12.4. The molecule has 0 unspecified atom stereocenters. The van der Waals surface area contributed by atoms with Gasteiger partial charge in [0, 0.05) is 24.8 Å². The molecule has 11 nitrogen and oxygen atoms in total. The zero-order valence-electron chi connectivity index (χ0n) is 20.7. The van der Waals surface area contributed by atoms with Gasteiger partial charge in [-0.05, 0) is 45.4 Å². The highest BCUT2D eigenvalue weighted by molar-refractivity contribution is 6.30. The fraction of sp³-hybridized carbons (Fsp3) is 0.375. The van der Waals surface area contributed by atoms with Crippen LogP contribution in [0.2, 0.25) is 5.15 Å². The molecule has 0 aliphatic heterocycles. The molecule has 1 aromatic carbocycles. The van der Waals surface area contributed by atoms with Crippen molar-refractivity contribution in [3.63, 3.8) is 0 Å². The SMILES string of the molecule is C[C@H](COCc1ccc(C#N)c(N)c1)NC(=O)c1cnn2c(N(C)C(=O)OC(C)(C)C)cc(Cl)nc12. The van der Waals surface area contributed by atoms with Crippen LogP contribution < -0.4 is 16.0 Å². The van der Waals surface area contributed by atoms with Crippen molar-refractivity contribution in [1.29, 1.82) is 5.26 Å². The van der Waals surface area contributed by atoms with Crippen LogP contribution in [0.4, 0.5) is 16.3 Å². The minimum absolute atomic E-state index is 0.0838. The Kier molecular flexibility index (Phi) is 8.02. The van der Waals surface area contributed by atoms with E-state index >= 15 is 0 Å². The second-order valence-electron chi connectivity index (χ2n) is 9.19. The summed E-state index contributed by atoms with van der Waals surface area (Å²) >= 11 is 6.19. The molecule has 3 N–H and O–H groups in total. The second kappa shape index (κ2) is 10.8. The van der Waals surface area contributed by atoms with Crippen LogP contribution in [-0.2, 0) is 16.1 Å². The molecule has 0 saturated carbocycles. The molecule has 0 spiro atoms. The number of benzene rings is 1. The lowest BCUT2D eigenvalue weighted by Gasteiger charge is -2.24. The van der Waals surface area contributed by atoms with Gasteiger partial charge in [0.25, 0.3) is 5.91 Å². The quantitative estimate of drug-likeness (QED) is 0.360. The number of nitrogen functional groups attached to an aromatic ring is 1. The summed E-state index contributed by atoms with van der Waals surface area (Å²) in [5.41, 5.74) is 7.10. The number of nitrogens with one attached hydrogen (secondary N) is 1. The van der Waals surface area contributed by atoms with E-state index in [4.69, 9.17) is 32.1 Å². The molecule has 3 aromatic rings. The molecule has 12 heteroatoms. The van der Waals surface area contributed by atoms with E-state index in [1.54, 1.807) is 45.9 Å². The van der Waals surface area contributed by atoms with Gasteiger partial charge in [0.15, 0.2) is 5.65 Å². The van der Waals surface area contributed by atoms with Gasteiger partial charge in [0.05, 0.1) is 25.0 Å². The fourth-order valence-electron chi connectivity index (χ4n) is 3.24. The molecule has 0 bridgehead atoms. The number of amides is 2. The number of anilines is 2. The van der Waals surface area contributed by atoms with Gasteiger partial charge in [-0.25, -0.2) is 9.78 Å². The van der Waals surface area contributed by atoms with E-state index in [-0.39, 0.29) is 41.4 Å². The number of carbonyl (C=O) groups is 2. The summed E-state index contributed by atoms with van der Waals surface area (Å²) in [4.78, 5) is 30.9.